The summed E-state index contributed by atoms with van der Waals surface area (Å²) in [6.45, 7) is 2.85. The lowest BCUT2D eigenvalue weighted by Gasteiger charge is -2.27. The molecule has 3 rings (SSSR count). The van der Waals surface area contributed by atoms with Gasteiger partial charge in [-0.1, -0.05) is 24.3 Å². The lowest BCUT2D eigenvalue weighted by molar-refractivity contribution is 0.0281. The Kier molecular flexibility index (Phi) is 3.75. The summed E-state index contributed by atoms with van der Waals surface area (Å²) in [5.41, 5.74) is 2.95. The van der Waals surface area contributed by atoms with E-state index >= 15 is 0 Å². The summed E-state index contributed by atoms with van der Waals surface area (Å²) in [5, 5.41) is 0. The predicted octanol–water partition coefficient (Wildman–Crippen LogP) is 1.87. The molecule has 1 aliphatic rings. The molecule has 2 aromatic rings. The van der Waals surface area contributed by atoms with Gasteiger partial charge in [0.25, 0.3) is 11.6 Å². The van der Waals surface area contributed by atoms with Gasteiger partial charge in [0.2, 0.25) is 0 Å². The van der Waals surface area contributed by atoms with Crippen LogP contribution in [-0.4, -0.2) is 23.3 Å². The molecule has 0 saturated heterocycles. The summed E-state index contributed by atoms with van der Waals surface area (Å²) >= 11 is 0. The zero-order valence-corrected chi connectivity index (χ0v) is 12.2. The van der Waals surface area contributed by atoms with Crippen LogP contribution in [0.5, 0.6) is 6.01 Å². The van der Waals surface area contributed by atoms with E-state index in [0.717, 1.165) is 12.0 Å². The normalized spacial score (nSPS) is 17.3. The molecule has 1 unspecified atom stereocenters. The van der Waals surface area contributed by atoms with Crippen LogP contribution in [0.15, 0.2) is 35.1 Å². The zero-order chi connectivity index (χ0) is 14.8. The van der Waals surface area contributed by atoms with Crippen LogP contribution in [0.4, 0.5) is 0 Å². The number of hydrogen-bond acceptors (Lipinski definition) is 4. The maximum atomic E-state index is 12.2. The van der Waals surface area contributed by atoms with Crippen molar-refractivity contribution in [3.05, 3.63) is 57.5 Å². The monoisotopic (exact) mass is 286 g/mol. The summed E-state index contributed by atoms with van der Waals surface area (Å²) in [6, 6.07) is 10.0. The molecule has 1 aromatic heterocycles. The molecule has 2 heterocycles. The molecule has 0 bridgehead atoms. The highest BCUT2D eigenvalue weighted by atomic mass is 16.5. The largest absolute Gasteiger partial charge is 0.468 e. The molecule has 0 saturated carbocycles. The molecule has 110 valence electrons. The van der Waals surface area contributed by atoms with Crippen LogP contribution in [0, 0.1) is 6.92 Å². The van der Waals surface area contributed by atoms with Crippen molar-refractivity contribution >= 4 is 0 Å². The Balaban J connectivity index is 1.97. The maximum Gasteiger partial charge on any atom is 0.299 e. The highest BCUT2D eigenvalue weighted by Gasteiger charge is 2.22. The summed E-state index contributed by atoms with van der Waals surface area (Å²) in [6.07, 6.45) is 0.760. The fourth-order valence-electron chi connectivity index (χ4n) is 2.71. The minimum atomic E-state index is -0.147. The Bertz CT molecular complexity index is 709. The van der Waals surface area contributed by atoms with Gasteiger partial charge in [0.05, 0.1) is 20.3 Å². The van der Waals surface area contributed by atoms with Gasteiger partial charge in [-0.15, -0.1) is 0 Å². The third-order valence-corrected chi connectivity index (χ3v) is 3.72. The van der Waals surface area contributed by atoms with Gasteiger partial charge in [-0.05, 0) is 24.5 Å². The molecule has 1 aliphatic heterocycles. The first kappa shape index (κ1) is 13.8. The lowest BCUT2D eigenvalue weighted by Crippen LogP contribution is -2.28. The summed E-state index contributed by atoms with van der Waals surface area (Å²) < 4.78 is 12.6. The summed E-state index contributed by atoms with van der Waals surface area (Å²) in [5.74, 6) is 0. The first-order valence-electron chi connectivity index (χ1n) is 7.01. The van der Waals surface area contributed by atoms with Crippen molar-refractivity contribution in [2.45, 2.75) is 26.0 Å². The van der Waals surface area contributed by atoms with Crippen molar-refractivity contribution in [2.75, 3.05) is 13.7 Å². The molecule has 21 heavy (non-hydrogen) atoms. The van der Waals surface area contributed by atoms with E-state index in [0.29, 0.717) is 24.9 Å². The molecule has 1 aromatic carbocycles. The first-order chi connectivity index (χ1) is 10.2. The zero-order valence-electron chi connectivity index (χ0n) is 12.2. The van der Waals surface area contributed by atoms with Gasteiger partial charge in [-0.3, -0.25) is 9.36 Å². The smallest absolute Gasteiger partial charge is 0.299 e. The third-order valence-electron chi connectivity index (χ3n) is 3.72. The number of hydrogen-bond donors (Lipinski definition) is 0. The van der Waals surface area contributed by atoms with Crippen molar-refractivity contribution in [3.63, 3.8) is 0 Å². The second kappa shape index (κ2) is 5.69. The lowest BCUT2D eigenvalue weighted by atomic mass is 9.97. The molecule has 5 nitrogen and oxygen atoms in total. The average molecular weight is 286 g/mol. The van der Waals surface area contributed by atoms with Gasteiger partial charge >= 0.3 is 0 Å². The molecule has 0 amide bonds. The summed E-state index contributed by atoms with van der Waals surface area (Å²) in [7, 11) is 1.52. The standard InChI is InChI=1S/C16H18N2O3/c1-11-9-15(19)18(16(17-11)20-2)10-14-13-6-4-3-5-12(13)7-8-21-14/h3-6,9,14H,7-8,10H2,1-2H3. The summed E-state index contributed by atoms with van der Waals surface area (Å²) in [4.78, 5) is 16.5. The van der Waals surface area contributed by atoms with E-state index < -0.39 is 0 Å². The van der Waals surface area contributed by atoms with Crippen LogP contribution in [0.2, 0.25) is 0 Å². The highest BCUT2D eigenvalue weighted by molar-refractivity contribution is 5.31. The Morgan fingerprint density at radius 2 is 2.24 bits per heavy atom. The molecular formula is C16H18N2O3. The van der Waals surface area contributed by atoms with Gasteiger partial charge in [-0.2, -0.15) is 0 Å². The van der Waals surface area contributed by atoms with Crippen LogP contribution < -0.4 is 10.3 Å². The van der Waals surface area contributed by atoms with Gasteiger partial charge in [-0.25, -0.2) is 4.98 Å². The topological polar surface area (TPSA) is 53.3 Å². The number of ether oxygens (including phenoxy) is 2. The van der Waals surface area contributed by atoms with Gasteiger partial charge in [0.15, 0.2) is 0 Å². The Labute approximate surface area is 123 Å². The van der Waals surface area contributed by atoms with Crippen LogP contribution in [0.1, 0.15) is 22.9 Å². The molecule has 0 aliphatic carbocycles. The van der Waals surface area contributed by atoms with Crippen LogP contribution >= 0.6 is 0 Å². The van der Waals surface area contributed by atoms with E-state index in [1.54, 1.807) is 6.92 Å². The Morgan fingerprint density at radius 1 is 1.43 bits per heavy atom. The third kappa shape index (κ3) is 2.69. The van der Waals surface area contributed by atoms with E-state index in [1.807, 2.05) is 12.1 Å². The molecule has 1 atom stereocenters. The molecule has 0 N–H and O–H groups in total. The second-order valence-electron chi connectivity index (χ2n) is 5.14. The number of methoxy groups -OCH3 is 1. The average Bonchev–Trinajstić information content (AvgIpc) is 2.50. The van der Waals surface area contributed by atoms with Gasteiger partial charge in [0, 0.05) is 11.8 Å². The SMILES string of the molecule is COc1nc(C)cc(=O)n1CC1OCCc2ccccc21. The second-order valence-corrected chi connectivity index (χ2v) is 5.14. The predicted molar refractivity (Wildman–Crippen MR) is 78.6 cm³/mol. The van der Waals surface area contributed by atoms with E-state index in [-0.39, 0.29) is 11.7 Å². The van der Waals surface area contributed by atoms with Crippen molar-refractivity contribution in [1.82, 2.24) is 9.55 Å². The Hall–Kier alpha value is -2.14. The van der Waals surface area contributed by atoms with Crippen molar-refractivity contribution in [3.8, 4) is 6.01 Å². The fourth-order valence-corrected chi connectivity index (χ4v) is 2.71. The van der Waals surface area contributed by atoms with Crippen LogP contribution in [0.3, 0.4) is 0 Å². The number of nitrogens with zero attached hydrogens (tertiary/aromatic N) is 2. The van der Waals surface area contributed by atoms with Gasteiger partial charge < -0.3 is 9.47 Å². The fraction of sp³-hybridized carbons (Fsp3) is 0.375. The first-order valence-corrected chi connectivity index (χ1v) is 7.01. The molecule has 5 heteroatoms. The van der Waals surface area contributed by atoms with Gasteiger partial charge in [0.1, 0.15) is 6.10 Å². The number of fused-ring (bicyclic) bond motifs is 1. The number of aromatic nitrogens is 2. The van der Waals surface area contributed by atoms with Crippen LogP contribution in [-0.2, 0) is 17.7 Å². The van der Waals surface area contributed by atoms with Crippen LogP contribution in [0.25, 0.3) is 0 Å². The number of rotatable bonds is 3. The van der Waals surface area contributed by atoms with Crippen molar-refractivity contribution in [1.29, 1.82) is 0 Å². The molecule has 0 radical (unpaired) electrons. The van der Waals surface area contributed by atoms with Crippen molar-refractivity contribution in [2.24, 2.45) is 0 Å². The highest BCUT2D eigenvalue weighted by Crippen LogP contribution is 2.28. The van der Waals surface area contributed by atoms with E-state index in [9.17, 15) is 4.79 Å². The molecule has 0 fully saturated rings. The minimum Gasteiger partial charge on any atom is -0.468 e. The number of aryl methyl sites for hydroxylation is 1. The van der Waals surface area contributed by atoms with E-state index in [4.69, 9.17) is 9.47 Å². The molecule has 0 spiro atoms. The van der Waals surface area contributed by atoms with E-state index in [1.165, 1.54) is 23.3 Å². The Morgan fingerprint density at radius 3 is 3.05 bits per heavy atom. The number of benzene rings is 1. The maximum absolute atomic E-state index is 12.2. The van der Waals surface area contributed by atoms with E-state index in [2.05, 4.69) is 17.1 Å². The van der Waals surface area contributed by atoms with Crippen molar-refractivity contribution < 1.29 is 9.47 Å². The molecular weight excluding hydrogens is 268 g/mol. The minimum absolute atomic E-state index is 0.119. The quantitative estimate of drug-likeness (QED) is 0.864.